The van der Waals surface area contributed by atoms with Crippen molar-refractivity contribution in [3.05, 3.63) is 34.4 Å². The van der Waals surface area contributed by atoms with Crippen molar-refractivity contribution < 1.29 is 4.92 Å². The normalized spacial score (nSPS) is 11.1. The van der Waals surface area contributed by atoms with E-state index in [2.05, 4.69) is 24.6 Å². The molecule has 0 atom stereocenters. The monoisotopic (exact) mass is 210 g/mol. The first-order valence-corrected chi connectivity index (χ1v) is 7.92. The van der Waals surface area contributed by atoms with Gasteiger partial charge in [0.1, 0.15) is 13.9 Å². The van der Waals surface area contributed by atoms with E-state index in [1.165, 1.54) is 6.07 Å². The Morgan fingerprint density at radius 2 is 1.86 bits per heavy atom. The number of nitro groups is 1. The number of anilines is 1. The Hall–Kier alpha value is -1.36. The second-order valence-electron chi connectivity index (χ2n) is 4.15. The van der Waals surface area contributed by atoms with Gasteiger partial charge in [0.15, 0.2) is 0 Å². The highest BCUT2D eigenvalue weighted by Crippen LogP contribution is 2.25. The van der Waals surface area contributed by atoms with Gasteiger partial charge < -0.3 is 4.98 Å². The molecule has 0 amide bonds. The van der Waals surface area contributed by atoms with Crippen LogP contribution in [0.1, 0.15) is 0 Å². The highest BCUT2D eigenvalue weighted by atomic mass is 28.3. The SMILES string of the molecule is C[Si](C)(C)Nc1ccccc1[N+](=O)[O-]. The van der Waals surface area contributed by atoms with Crippen LogP contribution in [0.2, 0.25) is 19.6 Å². The van der Waals surface area contributed by atoms with Crippen LogP contribution in [-0.4, -0.2) is 13.2 Å². The molecule has 5 heteroatoms. The minimum Gasteiger partial charge on any atom is -0.405 e. The van der Waals surface area contributed by atoms with E-state index < -0.39 is 8.24 Å². The van der Waals surface area contributed by atoms with E-state index in [1.54, 1.807) is 18.2 Å². The Kier molecular flexibility index (Phi) is 2.90. The maximum atomic E-state index is 10.7. The molecule has 0 saturated carbocycles. The largest absolute Gasteiger partial charge is 0.405 e. The minimum atomic E-state index is -1.53. The van der Waals surface area contributed by atoms with E-state index >= 15 is 0 Å². The van der Waals surface area contributed by atoms with Crippen molar-refractivity contribution in [2.75, 3.05) is 4.98 Å². The number of hydrogen-bond donors (Lipinski definition) is 1. The number of nitrogens with one attached hydrogen (secondary N) is 1. The number of nitro benzene ring substituents is 1. The highest BCUT2D eigenvalue weighted by Gasteiger charge is 2.19. The summed E-state index contributed by atoms with van der Waals surface area (Å²) in [5.41, 5.74) is 0.770. The molecule has 1 N–H and O–H groups in total. The average Bonchev–Trinajstić information content (AvgIpc) is 2.01. The summed E-state index contributed by atoms with van der Waals surface area (Å²) in [5, 5.41) is 10.7. The fourth-order valence-corrected chi connectivity index (χ4v) is 2.16. The summed E-state index contributed by atoms with van der Waals surface area (Å²) >= 11 is 0. The lowest BCUT2D eigenvalue weighted by Gasteiger charge is -2.19. The predicted octanol–water partition coefficient (Wildman–Crippen LogP) is 2.84. The van der Waals surface area contributed by atoms with E-state index in [-0.39, 0.29) is 10.6 Å². The van der Waals surface area contributed by atoms with Crippen LogP contribution >= 0.6 is 0 Å². The Morgan fingerprint density at radius 1 is 1.29 bits per heavy atom. The first-order valence-electron chi connectivity index (χ1n) is 4.42. The Labute approximate surface area is 84.2 Å². The molecule has 1 aromatic carbocycles. The van der Waals surface area contributed by atoms with Gasteiger partial charge in [-0.05, 0) is 6.07 Å². The zero-order valence-electron chi connectivity index (χ0n) is 8.57. The van der Waals surface area contributed by atoms with Crippen LogP contribution in [0.25, 0.3) is 0 Å². The molecule has 0 aromatic heterocycles. The topological polar surface area (TPSA) is 55.2 Å². The molecule has 0 bridgehead atoms. The van der Waals surface area contributed by atoms with Gasteiger partial charge in [0.05, 0.1) is 4.92 Å². The van der Waals surface area contributed by atoms with E-state index in [4.69, 9.17) is 0 Å². The van der Waals surface area contributed by atoms with Crippen LogP contribution in [0.4, 0.5) is 11.4 Å². The van der Waals surface area contributed by atoms with E-state index in [0.717, 1.165) is 0 Å². The third-order valence-corrected chi connectivity index (χ3v) is 2.63. The molecule has 1 aromatic rings. The van der Waals surface area contributed by atoms with Gasteiger partial charge >= 0.3 is 0 Å². The van der Waals surface area contributed by atoms with Crippen LogP contribution in [-0.2, 0) is 0 Å². The fraction of sp³-hybridized carbons (Fsp3) is 0.333. The second-order valence-corrected chi connectivity index (χ2v) is 8.90. The van der Waals surface area contributed by atoms with Crippen LogP contribution in [0, 0.1) is 10.1 Å². The van der Waals surface area contributed by atoms with Gasteiger partial charge in [-0.2, -0.15) is 0 Å². The van der Waals surface area contributed by atoms with Gasteiger partial charge in [-0.25, -0.2) is 0 Å². The molecule has 14 heavy (non-hydrogen) atoms. The lowest BCUT2D eigenvalue weighted by molar-refractivity contribution is -0.383. The van der Waals surface area contributed by atoms with Gasteiger partial charge in [0, 0.05) is 6.07 Å². The molecule has 4 nitrogen and oxygen atoms in total. The van der Waals surface area contributed by atoms with Crippen LogP contribution in [0.5, 0.6) is 0 Å². The Balaban J connectivity index is 3.02. The van der Waals surface area contributed by atoms with Gasteiger partial charge in [-0.3, -0.25) is 10.1 Å². The van der Waals surface area contributed by atoms with Crippen LogP contribution in [0.3, 0.4) is 0 Å². The van der Waals surface area contributed by atoms with Gasteiger partial charge in [-0.15, -0.1) is 0 Å². The molecule has 0 saturated heterocycles. The predicted molar refractivity (Wildman–Crippen MR) is 60.1 cm³/mol. The Bertz CT molecular complexity index is 347. The molecular weight excluding hydrogens is 196 g/mol. The molecule has 0 aliphatic rings. The lowest BCUT2D eigenvalue weighted by atomic mass is 10.3. The minimum absolute atomic E-state index is 0.148. The van der Waals surface area contributed by atoms with Crippen LogP contribution < -0.4 is 4.98 Å². The van der Waals surface area contributed by atoms with E-state index in [0.29, 0.717) is 5.69 Å². The van der Waals surface area contributed by atoms with Crippen molar-refractivity contribution in [3.63, 3.8) is 0 Å². The third-order valence-electron chi connectivity index (χ3n) is 1.61. The first-order chi connectivity index (χ1) is 6.40. The summed E-state index contributed by atoms with van der Waals surface area (Å²) in [6, 6.07) is 6.74. The van der Waals surface area contributed by atoms with Crippen molar-refractivity contribution in [2.45, 2.75) is 19.6 Å². The zero-order chi connectivity index (χ0) is 10.8. The quantitative estimate of drug-likeness (QED) is 0.474. The van der Waals surface area contributed by atoms with Gasteiger partial charge in [0.2, 0.25) is 0 Å². The van der Waals surface area contributed by atoms with Crippen molar-refractivity contribution in [2.24, 2.45) is 0 Å². The smallest absolute Gasteiger partial charge is 0.291 e. The molecule has 1 rings (SSSR count). The second kappa shape index (κ2) is 3.79. The number of benzene rings is 1. The number of rotatable bonds is 3. The number of nitrogens with zero attached hydrogens (tertiary/aromatic N) is 1. The van der Waals surface area contributed by atoms with Crippen molar-refractivity contribution in [3.8, 4) is 0 Å². The fourth-order valence-electron chi connectivity index (χ4n) is 1.14. The third kappa shape index (κ3) is 2.84. The summed E-state index contributed by atoms with van der Waals surface area (Å²) in [5.74, 6) is 0. The molecule has 0 fully saturated rings. The summed E-state index contributed by atoms with van der Waals surface area (Å²) in [4.78, 5) is 13.6. The molecular formula is C9H14N2O2Si. The Morgan fingerprint density at radius 3 is 2.36 bits per heavy atom. The average molecular weight is 210 g/mol. The van der Waals surface area contributed by atoms with Gasteiger partial charge in [-0.1, -0.05) is 31.8 Å². The van der Waals surface area contributed by atoms with Crippen molar-refractivity contribution in [1.82, 2.24) is 0 Å². The van der Waals surface area contributed by atoms with Crippen molar-refractivity contribution in [1.29, 1.82) is 0 Å². The zero-order valence-corrected chi connectivity index (χ0v) is 9.57. The first kappa shape index (κ1) is 10.7. The summed E-state index contributed by atoms with van der Waals surface area (Å²) in [6.45, 7) is 6.30. The van der Waals surface area contributed by atoms with Crippen LogP contribution in [0.15, 0.2) is 24.3 Å². The molecule has 0 heterocycles. The van der Waals surface area contributed by atoms with Crippen molar-refractivity contribution >= 4 is 19.6 Å². The molecule has 0 radical (unpaired) electrons. The number of para-hydroxylation sites is 2. The summed E-state index contributed by atoms with van der Waals surface area (Å²) in [7, 11) is -1.53. The summed E-state index contributed by atoms with van der Waals surface area (Å²) in [6.07, 6.45) is 0. The van der Waals surface area contributed by atoms with Gasteiger partial charge in [0.25, 0.3) is 5.69 Å². The molecule has 0 aliphatic carbocycles. The standard InChI is InChI=1S/C9H14N2O2Si/c1-14(2,3)10-8-6-4-5-7-9(8)11(12)13/h4-7,10H,1-3H3. The molecule has 0 spiro atoms. The summed E-state index contributed by atoms with van der Waals surface area (Å²) < 4.78 is 0. The van der Waals surface area contributed by atoms with E-state index in [1.807, 2.05) is 0 Å². The maximum Gasteiger partial charge on any atom is 0.291 e. The number of hydrogen-bond acceptors (Lipinski definition) is 3. The highest BCUT2D eigenvalue weighted by molar-refractivity contribution is 6.79. The van der Waals surface area contributed by atoms with E-state index in [9.17, 15) is 10.1 Å². The molecule has 76 valence electrons. The lowest BCUT2D eigenvalue weighted by Crippen LogP contribution is -2.32. The molecule has 0 aliphatic heterocycles. The molecule has 0 unspecified atom stereocenters. The maximum absolute atomic E-state index is 10.7.